The predicted molar refractivity (Wildman–Crippen MR) is 133 cm³/mol. The summed E-state index contributed by atoms with van der Waals surface area (Å²) < 4.78 is 18.6. The summed E-state index contributed by atoms with van der Waals surface area (Å²) in [6, 6.07) is 11.6. The molecule has 1 N–H and O–H groups in total. The Labute approximate surface area is 199 Å². The summed E-state index contributed by atoms with van der Waals surface area (Å²) in [7, 11) is 1.59. The van der Waals surface area contributed by atoms with Crippen molar-refractivity contribution < 1.29 is 19.0 Å². The van der Waals surface area contributed by atoms with Crippen LogP contribution in [-0.2, 0) is 11.2 Å². The van der Waals surface area contributed by atoms with Gasteiger partial charge in [0.1, 0.15) is 23.3 Å². The second-order valence-corrected chi connectivity index (χ2v) is 9.06. The van der Waals surface area contributed by atoms with Crippen molar-refractivity contribution >= 4 is 62.9 Å². The van der Waals surface area contributed by atoms with E-state index in [2.05, 4.69) is 34.5 Å². The molecule has 0 bridgehead atoms. The summed E-state index contributed by atoms with van der Waals surface area (Å²) in [4.78, 5) is 12.4. The first kappa shape index (κ1) is 22.6. The monoisotopic (exact) mass is 553 g/mol. The number of ether oxygens (including phenoxy) is 3. The molecule has 0 saturated carbocycles. The van der Waals surface area contributed by atoms with Gasteiger partial charge in [0.15, 0.2) is 11.5 Å². The minimum absolute atomic E-state index is 0.187. The second kappa shape index (κ2) is 10.8. The molecule has 2 aromatic carbocycles. The maximum atomic E-state index is 11.9. The van der Waals surface area contributed by atoms with Crippen LogP contribution in [0.5, 0.6) is 17.2 Å². The van der Waals surface area contributed by atoms with Gasteiger partial charge in [-0.15, -0.1) is 6.58 Å². The van der Waals surface area contributed by atoms with E-state index in [4.69, 9.17) is 26.4 Å². The number of nitrogens with one attached hydrogen (secondary N) is 1. The van der Waals surface area contributed by atoms with Gasteiger partial charge in [-0.05, 0) is 64.4 Å². The lowest BCUT2D eigenvalue weighted by Gasteiger charge is -2.15. The lowest BCUT2D eigenvalue weighted by atomic mass is 10.1. The zero-order chi connectivity index (χ0) is 21.5. The lowest BCUT2D eigenvalue weighted by molar-refractivity contribution is -0.115. The number of carbonyl (C=O) groups is 1. The number of para-hydroxylation sites is 1. The Morgan fingerprint density at radius 1 is 1.20 bits per heavy atom. The molecule has 1 saturated heterocycles. The molecule has 1 aliphatic rings. The number of amides is 1. The molecule has 3 rings (SSSR count). The molecule has 5 nitrogen and oxygen atoms in total. The Balaban J connectivity index is 1.66. The van der Waals surface area contributed by atoms with Crippen LogP contribution in [0.15, 0.2) is 54.0 Å². The van der Waals surface area contributed by atoms with Crippen LogP contribution < -0.4 is 19.5 Å². The van der Waals surface area contributed by atoms with Gasteiger partial charge < -0.3 is 19.5 Å². The van der Waals surface area contributed by atoms with Gasteiger partial charge in [0.2, 0.25) is 0 Å². The van der Waals surface area contributed by atoms with Gasteiger partial charge in [0, 0.05) is 0 Å². The van der Waals surface area contributed by atoms with Gasteiger partial charge in [-0.3, -0.25) is 4.79 Å². The van der Waals surface area contributed by atoms with E-state index in [1.807, 2.05) is 42.5 Å². The Hall–Kier alpha value is -2.04. The van der Waals surface area contributed by atoms with Crippen molar-refractivity contribution in [3.8, 4) is 17.2 Å². The molecule has 0 aliphatic carbocycles. The van der Waals surface area contributed by atoms with Crippen molar-refractivity contribution in [1.82, 2.24) is 5.32 Å². The highest BCUT2D eigenvalue weighted by atomic mass is 127. The number of allylic oxidation sites excluding steroid dienone is 1. The predicted octanol–water partition coefficient (Wildman–Crippen LogP) is 4.97. The van der Waals surface area contributed by atoms with E-state index >= 15 is 0 Å². The van der Waals surface area contributed by atoms with Crippen molar-refractivity contribution in [2.24, 2.45) is 0 Å². The summed E-state index contributed by atoms with van der Waals surface area (Å²) in [6.07, 6.45) is 4.39. The van der Waals surface area contributed by atoms with Crippen LogP contribution in [0.2, 0.25) is 0 Å². The van der Waals surface area contributed by atoms with E-state index in [0.717, 1.165) is 26.9 Å². The number of methoxy groups -OCH3 is 1. The maximum absolute atomic E-state index is 11.9. The van der Waals surface area contributed by atoms with Gasteiger partial charge in [0.25, 0.3) is 5.91 Å². The zero-order valence-corrected chi connectivity index (χ0v) is 20.1. The normalized spacial score (nSPS) is 14.5. The lowest BCUT2D eigenvalue weighted by Crippen LogP contribution is -2.17. The molecule has 30 heavy (non-hydrogen) atoms. The fraction of sp³-hybridized carbons (Fsp3) is 0.182. The van der Waals surface area contributed by atoms with Crippen LogP contribution in [0, 0.1) is 3.57 Å². The van der Waals surface area contributed by atoms with Gasteiger partial charge in [-0.25, -0.2) is 0 Å². The van der Waals surface area contributed by atoms with E-state index < -0.39 is 0 Å². The molecule has 1 amide bonds. The van der Waals surface area contributed by atoms with Crippen LogP contribution in [-0.4, -0.2) is 30.6 Å². The highest BCUT2D eigenvalue weighted by Gasteiger charge is 2.22. The number of benzene rings is 2. The van der Waals surface area contributed by atoms with E-state index in [-0.39, 0.29) is 5.91 Å². The average molecular weight is 553 g/mol. The van der Waals surface area contributed by atoms with Crippen LogP contribution in [0.4, 0.5) is 0 Å². The number of thioether (sulfide) groups is 1. The molecule has 0 radical (unpaired) electrons. The molecule has 0 spiro atoms. The fourth-order valence-electron chi connectivity index (χ4n) is 2.80. The van der Waals surface area contributed by atoms with Crippen LogP contribution in [0.25, 0.3) is 6.08 Å². The number of rotatable bonds is 9. The zero-order valence-electron chi connectivity index (χ0n) is 16.3. The highest BCUT2D eigenvalue weighted by molar-refractivity contribution is 14.1. The average Bonchev–Trinajstić information content (AvgIpc) is 3.04. The third-order valence-corrected chi connectivity index (χ3v) is 6.08. The molecular formula is C22H20INO4S2. The first-order valence-corrected chi connectivity index (χ1v) is 11.4. The third-order valence-electron chi connectivity index (χ3n) is 4.12. The Bertz CT molecular complexity index is 1010. The molecule has 156 valence electrons. The fourth-order valence-corrected chi connectivity index (χ4v) is 4.63. The van der Waals surface area contributed by atoms with E-state index in [1.165, 1.54) is 11.8 Å². The second-order valence-electron chi connectivity index (χ2n) is 6.18. The van der Waals surface area contributed by atoms with Crippen molar-refractivity contribution in [3.63, 3.8) is 0 Å². The van der Waals surface area contributed by atoms with Crippen LogP contribution in [0.1, 0.15) is 11.1 Å². The number of hydrogen-bond acceptors (Lipinski definition) is 6. The van der Waals surface area contributed by atoms with Gasteiger partial charge in [0.05, 0.1) is 15.6 Å². The van der Waals surface area contributed by atoms with Gasteiger partial charge in [-0.2, -0.15) is 0 Å². The van der Waals surface area contributed by atoms with Crippen molar-refractivity contribution in [3.05, 3.63) is 68.7 Å². The minimum Gasteiger partial charge on any atom is -0.493 e. The quantitative estimate of drug-likeness (QED) is 0.156. The molecule has 0 atom stereocenters. The summed E-state index contributed by atoms with van der Waals surface area (Å²) in [5.74, 6) is 1.87. The van der Waals surface area contributed by atoms with Gasteiger partial charge in [-0.1, -0.05) is 48.3 Å². The maximum Gasteiger partial charge on any atom is 0.263 e. The SMILES string of the molecule is C=CCc1ccccc1OCCOc1c(I)cc(C=C2SC(=S)NC2=O)cc1OC. The first-order valence-electron chi connectivity index (χ1n) is 9.08. The van der Waals surface area contributed by atoms with Gasteiger partial charge >= 0.3 is 0 Å². The number of hydrogen-bond donors (Lipinski definition) is 1. The highest BCUT2D eigenvalue weighted by Crippen LogP contribution is 2.36. The van der Waals surface area contributed by atoms with Crippen molar-refractivity contribution in [2.75, 3.05) is 20.3 Å². The first-order chi connectivity index (χ1) is 14.5. The smallest absolute Gasteiger partial charge is 0.263 e. The largest absolute Gasteiger partial charge is 0.493 e. The third kappa shape index (κ3) is 5.77. The minimum atomic E-state index is -0.187. The standard InChI is InChI=1S/C22H20INO4S2/c1-3-6-15-7-4-5-8-17(15)27-9-10-28-20-16(23)11-14(12-18(20)26-2)13-19-21(25)24-22(29)30-19/h3-5,7-8,11-13H,1,6,9-10H2,2H3,(H,24,25,29). The Morgan fingerprint density at radius 3 is 2.67 bits per heavy atom. The van der Waals surface area contributed by atoms with Crippen molar-refractivity contribution in [2.45, 2.75) is 6.42 Å². The molecule has 8 heteroatoms. The summed E-state index contributed by atoms with van der Waals surface area (Å²) in [6.45, 7) is 4.54. The van der Waals surface area contributed by atoms with Crippen LogP contribution in [0.3, 0.4) is 0 Å². The Kier molecular flexibility index (Phi) is 8.17. The molecule has 1 aliphatic heterocycles. The number of halogens is 1. The molecule has 0 unspecified atom stereocenters. The molecule has 1 heterocycles. The summed E-state index contributed by atoms with van der Waals surface area (Å²) in [5, 5.41) is 2.61. The van der Waals surface area contributed by atoms with Crippen molar-refractivity contribution in [1.29, 1.82) is 0 Å². The molecular weight excluding hydrogens is 533 g/mol. The topological polar surface area (TPSA) is 56.8 Å². The molecule has 2 aromatic rings. The van der Waals surface area contributed by atoms with E-state index in [9.17, 15) is 4.79 Å². The summed E-state index contributed by atoms with van der Waals surface area (Å²) >= 11 is 8.47. The van der Waals surface area contributed by atoms with Crippen LogP contribution >= 0.6 is 46.6 Å². The summed E-state index contributed by atoms with van der Waals surface area (Å²) in [5.41, 5.74) is 1.92. The number of carbonyl (C=O) groups excluding carboxylic acids is 1. The Morgan fingerprint density at radius 2 is 1.97 bits per heavy atom. The van der Waals surface area contributed by atoms with E-state index in [0.29, 0.717) is 33.9 Å². The molecule has 1 fully saturated rings. The molecule has 0 aromatic heterocycles. The number of thiocarbonyl (C=S) groups is 1. The van der Waals surface area contributed by atoms with E-state index in [1.54, 1.807) is 13.2 Å².